The number of ether oxygens (including phenoxy) is 3. The zero-order valence-electron chi connectivity index (χ0n) is 17.4. The lowest BCUT2D eigenvalue weighted by Gasteiger charge is -2.42. The summed E-state index contributed by atoms with van der Waals surface area (Å²) in [6, 6.07) is 0. The summed E-state index contributed by atoms with van der Waals surface area (Å²) in [5.41, 5.74) is -0.256. The Hall–Kier alpha value is -1.07. The third-order valence-electron chi connectivity index (χ3n) is 7.73. The van der Waals surface area contributed by atoms with Crippen molar-refractivity contribution in [3.63, 3.8) is 0 Å². The van der Waals surface area contributed by atoms with E-state index in [9.17, 15) is 30.3 Å². The summed E-state index contributed by atoms with van der Waals surface area (Å²) in [5.74, 6) is -0.680. The van der Waals surface area contributed by atoms with Gasteiger partial charge in [-0.1, -0.05) is 12.5 Å². The SMILES string of the molecule is CC1=C[C@@H]2OC(=O)[C@@H](C)[C@H]2C[C@@H]2[C@H]1C[C@@H](O[C@@H]1O[C@H](CO)[C@@H](O)[C@H](O)[C@H]1O)[C@@]2(C)O. The molecule has 0 radical (unpaired) electrons. The molecule has 30 heavy (non-hydrogen) atoms. The molecule has 170 valence electrons. The van der Waals surface area contributed by atoms with Gasteiger partial charge in [0.25, 0.3) is 0 Å². The number of rotatable bonds is 3. The van der Waals surface area contributed by atoms with Crippen LogP contribution in [0.1, 0.15) is 33.6 Å². The Morgan fingerprint density at radius 1 is 1.20 bits per heavy atom. The first kappa shape index (κ1) is 22.1. The monoisotopic (exact) mass is 428 g/mol. The van der Waals surface area contributed by atoms with Gasteiger partial charge in [0.1, 0.15) is 30.5 Å². The molecule has 12 atom stereocenters. The molecule has 5 N–H and O–H groups in total. The highest BCUT2D eigenvalue weighted by Gasteiger charge is 2.58. The second-order valence-corrected chi connectivity index (χ2v) is 9.50. The molecule has 0 aromatic rings. The second-order valence-electron chi connectivity index (χ2n) is 9.50. The molecular formula is C21H32O9. The van der Waals surface area contributed by atoms with Crippen molar-refractivity contribution in [2.24, 2.45) is 23.7 Å². The second kappa shape index (κ2) is 7.81. The van der Waals surface area contributed by atoms with Crippen LogP contribution in [0.2, 0.25) is 0 Å². The molecule has 0 aromatic heterocycles. The first-order valence-electron chi connectivity index (χ1n) is 10.6. The minimum absolute atomic E-state index is 0.00591. The Morgan fingerprint density at radius 2 is 1.90 bits per heavy atom. The van der Waals surface area contributed by atoms with Crippen LogP contribution in [0.15, 0.2) is 11.6 Å². The Morgan fingerprint density at radius 3 is 2.57 bits per heavy atom. The predicted octanol–water partition coefficient (Wildman–Crippen LogP) is -0.914. The lowest BCUT2D eigenvalue weighted by Crippen LogP contribution is -2.60. The first-order valence-corrected chi connectivity index (χ1v) is 10.6. The number of hydrogen-bond donors (Lipinski definition) is 5. The van der Waals surface area contributed by atoms with E-state index in [4.69, 9.17) is 14.2 Å². The van der Waals surface area contributed by atoms with Crippen molar-refractivity contribution in [3.8, 4) is 0 Å². The van der Waals surface area contributed by atoms with Gasteiger partial charge in [0.2, 0.25) is 0 Å². The lowest BCUT2D eigenvalue weighted by atomic mass is 9.76. The fraction of sp³-hybridized carbons (Fsp3) is 0.857. The van der Waals surface area contributed by atoms with E-state index in [1.807, 2.05) is 19.9 Å². The number of allylic oxidation sites excluding steroid dienone is 1. The highest BCUT2D eigenvalue weighted by Crippen LogP contribution is 2.53. The molecule has 3 fully saturated rings. The maximum absolute atomic E-state index is 12.0. The predicted molar refractivity (Wildman–Crippen MR) is 102 cm³/mol. The molecule has 0 bridgehead atoms. The minimum Gasteiger partial charge on any atom is -0.458 e. The average molecular weight is 428 g/mol. The van der Waals surface area contributed by atoms with Gasteiger partial charge in [-0.15, -0.1) is 0 Å². The summed E-state index contributed by atoms with van der Waals surface area (Å²) in [5, 5.41) is 51.1. The topological polar surface area (TPSA) is 146 Å². The molecule has 0 aromatic carbocycles. The number of fused-ring (bicyclic) bond motifs is 2. The van der Waals surface area contributed by atoms with Crippen LogP contribution in [-0.2, 0) is 19.0 Å². The molecule has 4 aliphatic rings. The third-order valence-corrected chi connectivity index (χ3v) is 7.73. The molecule has 9 heteroatoms. The maximum Gasteiger partial charge on any atom is 0.309 e. The smallest absolute Gasteiger partial charge is 0.309 e. The summed E-state index contributed by atoms with van der Waals surface area (Å²) >= 11 is 0. The van der Waals surface area contributed by atoms with Crippen LogP contribution in [0.3, 0.4) is 0 Å². The van der Waals surface area contributed by atoms with E-state index in [2.05, 4.69) is 0 Å². The molecule has 0 spiro atoms. The molecule has 2 aliphatic carbocycles. The van der Waals surface area contributed by atoms with E-state index < -0.39 is 49.0 Å². The number of aliphatic hydroxyl groups excluding tert-OH is 4. The van der Waals surface area contributed by atoms with E-state index in [0.717, 1.165) is 5.57 Å². The zero-order valence-corrected chi connectivity index (χ0v) is 17.4. The van der Waals surface area contributed by atoms with Crippen LogP contribution in [0.25, 0.3) is 0 Å². The fourth-order valence-electron chi connectivity index (χ4n) is 5.68. The van der Waals surface area contributed by atoms with Gasteiger partial charge in [0, 0.05) is 5.92 Å². The number of hydrogen-bond acceptors (Lipinski definition) is 9. The van der Waals surface area contributed by atoms with Crippen LogP contribution >= 0.6 is 0 Å². The molecule has 2 heterocycles. The molecule has 2 aliphatic heterocycles. The Bertz CT molecular complexity index is 705. The van der Waals surface area contributed by atoms with Gasteiger partial charge < -0.3 is 39.7 Å². The maximum atomic E-state index is 12.0. The fourth-order valence-corrected chi connectivity index (χ4v) is 5.68. The lowest BCUT2D eigenvalue weighted by molar-refractivity contribution is -0.321. The molecule has 4 rings (SSSR count). The molecular weight excluding hydrogens is 396 g/mol. The number of esters is 1. The van der Waals surface area contributed by atoms with Crippen LogP contribution in [-0.4, -0.2) is 86.6 Å². The number of aliphatic hydroxyl groups is 5. The van der Waals surface area contributed by atoms with Crippen molar-refractivity contribution in [1.82, 2.24) is 0 Å². The summed E-state index contributed by atoms with van der Waals surface area (Å²) < 4.78 is 16.9. The van der Waals surface area contributed by atoms with Gasteiger partial charge in [0.05, 0.1) is 24.2 Å². The van der Waals surface area contributed by atoms with Crippen molar-refractivity contribution in [2.75, 3.05) is 6.61 Å². The first-order chi connectivity index (χ1) is 14.1. The van der Waals surface area contributed by atoms with Crippen molar-refractivity contribution >= 4 is 5.97 Å². The molecule has 0 amide bonds. The largest absolute Gasteiger partial charge is 0.458 e. The van der Waals surface area contributed by atoms with E-state index in [-0.39, 0.29) is 35.7 Å². The summed E-state index contributed by atoms with van der Waals surface area (Å²) in [7, 11) is 0. The Balaban J connectivity index is 1.55. The van der Waals surface area contributed by atoms with Gasteiger partial charge in [-0.05, 0) is 44.6 Å². The van der Waals surface area contributed by atoms with Gasteiger partial charge in [-0.25, -0.2) is 0 Å². The minimum atomic E-state index is -1.54. The van der Waals surface area contributed by atoms with Gasteiger partial charge >= 0.3 is 5.97 Å². The molecule has 9 nitrogen and oxygen atoms in total. The Kier molecular flexibility index (Phi) is 5.76. The van der Waals surface area contributed by atoms with E-state index in [1.54, 1.807) is 6.92 Å². The van der Waals surface area contributed by atoms with Gasteiger partial charge in [-0.3, -0.25) is 4.79 Å². The summed E-state index contributed by atoms with van der Waals surface area (Å²) in [4.78, 5) is 12.0. The van der Waals surface area contributed by atoms with E-state index >= 15 is 0 Å². The molecule has 2 saturated heterocycles. The highest BCUT2D eigenvalue weighted by atomic mass is 16.7. The van der Waals surface area contributed by atoms with Crippen molar-refractivity contribution in [1.29, 1.82) is 0 Å². The third kappa shape index (κ3) is 3.40. The highest BCUT2D eigenvalue weighted by molar-refractivity contribution is 5.75. The quantitative estimate of drug-likeness (QED) is 0.285. The van der Waals surface area contributed by atoms with Crippen LogP contribution < -0.4 is 0 Å². The standard InChI is InChI=1S/C21H32O9/c1-8-4-13-11(9(2)19(26)28-13)5-12-10(8)6-15(21(12,3)27)30-20-18(25)17(24)16(23)14(7-22)29-20/h4,9-18,20,22-25,27H,5-7H2,1-3H3/t9-,10-,11+,12+,13-,14+,15+,16+,17-,18+,20-,21-/m0/s1. The molecule has 1 saturated carbocycles. The van der Waals surface area contributed by atoms with Crippen molar-refractivity contribution in [2.45, 2.75) is 82.1 Å². The number of carbonyl (C=O) groups excluding carboxylic acids is 1. The summed E-state index contributed by atoms with van der Waals surface area (Å²) in [6.07, 6.45) is -4.85. The van der Waals surface area contributed by atoms with E-state index in [0.29, 0.717) is 12.8 Å². The normalized spacial score (nSPS) is 53.5. The van der Waals surface area contributed by atoms with Gasteiger partial charge in [-0.2, -0.15) is 0 Å². The van der Waals surface area contributed by atoms with Crippen molar-refractivity contribution in [3.05, 3.63) is 11.6 Å². The zero-order chi connectivity index (χ0) is 22.0. The Labute approximate surface area is 175 Å². The van der Waals surface area contributed by atoms with E-state index in [1.165, 1.54) is 0 Å². The van der Waals surface area contributed by atoms with Crippen LogP contribution in [0.5, 0.6) is 0 Å². The summed E-state index contributed by atoms with van der Waals surface area (Å²) in [6.45, 7) is 4.95. The average Bonchev–Trinajstić information content (AvgIpc) is 3.03. The van der Waals surface area contributed by atoms with Crippen LogP contribution in [0.4, 0.5) is 0 Å². The number of carbonyl (C=O) groups is 1. The molecule has 0 unspecified atom stereocenters. The van der Waals surface area contributed by atoms with Crippen molar-refractivity contribution < 1.29 is 44.5 Å². The van der Waals surface area contributed by atoms with Gasteiger partial charge in [0.15, 0.2) is 6.29 Å². The van der Waals surface area contributed by atoms with Crippen LogP contribution in [0, 0.1) is 23.7 Å².